The lowest BCUT2D eigenvalue weighted by Crippen LogP contribution is -2.53. The van der Waals surface area contributed by atoms with E-state index in [1.807, 2.05) is 12.2 Å². The van der Waals surface area contributed by atoms with Crippen LogP contribution in [0.15, 0.2) is 25.3 Å². The van der Waals surface area contributed by atoms with Crippen LogP contribution >= 0.6 is 0 Å². The number of hydrogen-bond donors (Lipinski definition) is 0. The van der Waals surface area contributed by atoms with Crippen molar-refractivity contribution in [3.63, 3.8) is 0 Å². The van der Waals surface area contributed by atoms with Gasteiger partial charge in [-0.05, 0) is 26.0 Å². The number of quaternary nitrogens is 2. The summed E-state index contributed by atoms with van der Waals surface area (Å²) in [7, 11) is 9.10. The topological polar surface area (TPSA) is 0 Å². The summed E-state index contributed by atoms with van der Waals surface area (Å²) in [6.07, 6.45) is 4.03. The summed E-state index contributed by atoms with van der Waals surface area (Å²) in [6.45, 7) is 16.8. The highest BCUT2D eigenvalue weighted by molar-refractivity contribution is 4.72. The molecule has 0 aromatic carbocycles. The molecule has 0 bridgehead atoms. The summed E-state index contributed by atoms with van der Waals surface area (Å²) in [6, 6.07) is 0. The molecule has 0 aliphatic heterocycles. The van der Waals surface area contributed by atoms with Crippen molar-refractivity contribution in [2.45, 2.75) is 13.8 Å². The highest BCUT2D eigenvalue weighted by Gasteiger charge is 2.34. The molecule has 0 aromatic heterocycles. The average molecular weight is 240 g/mol. The molecule has 0 unspecified atom stereocenters. The van der Waals surface area contributed by atoms with Crippen molar-refractivity contribution in [2.24, 2.45) is 5.41 Å². The largest absolute Gasteiger partial charge is 0.325 e. The lowest BCUT2D eigenvalue weighted by Gasteiger charge is -2.41. The van der Waals surface area contributed by atoms with Gasteiger partial charge in [0.15, 0.2) is 0 Å². The van der Waals surface area contributed by atoms with Crippen molar-refractivity contribution >= 4 is 0 Å². The van der Waals surface area contributed by atoms with E-state index in [0.717, 1.165) is 35.1 Å². The normalized spacial score (nSPS) is 13.5. The molecule has 0 N–H and O–H groups in total. The van der Waals surface area contributed by atoms with Gasteiger partial charge in [0.25, 0.3) is 0 Å². The first-order chi connectivity index (χ1) is 7.54. The zero-order chi connectivity index (χ0) is 13.7. The van der Waals surface area contributed by atoms with Crippen LogP contribution in [0.2, 0.25) is 0 Å². The van der Waals surface area contributed by atoms with E-state index in [0.29, 0.717) is 5.41 Å². The zero-order valence-electron chi connectivity index (χ0n) is 12.8. The molecule has 0 saturated heterocycles. The summed E-state index contributed by atoms with van der Waals surface area (Å²) in [5.41, 5.74) is 0.318. The average Bonchev–Trinajstić information content (AvgIpc) is 1.96. The first kappa shape index (κ1) is 16.4. The Hall–Kier alpha value is -0.600. The fraction of sp³-hybridized carbons (Fsp3) is 0.733. The Balaban J connectivity index is 4.57. The molecule has 0 amide bonds. The minimum absolute atomic E-state index is 0.318. The smallest absolute Gasteiger partial charge is 0.0967 e. The van der Waals surface area contributed by atoms with E-state index >= 15 is 0 Å². The van der Waals surface area contributed by atoms with Gasteiger partial charge in [0.1, 0.15) is 0 Å². The lowest BCUT2D eigenvalue weighted by atomic mass is 9.90. The van der Waals surface area contributed by atoms with Gasteiger partial charge in [0.05, 0.1) is 59.8 Å². The van der Waals surface area contributed by atoms with Gasteiger partial charge in [0.2, 0.25) is 0 Å². The van der Waals surface area contributed by atoms with Gasteiger partial charge in [-0.1, -0.05) is 13.2 Å². The van der Waals surface area contributed by atoms with Crippen molar-refractivity contribution in [3.05, 3.63) is 25.3 Å². The molecule has 0 aromatic rings. The van der Waals surface area contributed by atoms with Gasteiger partial charge in [-0.15, -0.1) is 0 Å². The standard InChI is InChI=1S/C15H32N2/c1-9-11-16(5,6)13-15(3,4)14-17(7,8)12-10-2/h9-10H,1-2,11-14H2,3-8H3/q+2. The molecule has 0 radical (unpaired) electrons. The molecule has 0 fully saturated rings. The summed E-state index contributed by atoms with van der Waals surface area (Å²) in [5.74, 6) is 0. The van der Waals surface area contributed by atoms with Crippen molar-refractivity contribution < 1.29 is 8.97 Å². The van der Waals surface area contributed by atoms with Crippen LogP contribution in [-0.4, -0.2) is 63.3 Å². The van der Waals surface area contributed by atoms with Crippen molar-refractivity contribution in [1.29, 1.82) is 0 Å². The summed E-state index contributed by atoms with van der Waals surface area (Å²) < 4.78 is 2.01. The van der Waals surface area contributed by atoms with Gasteiger partial charge >= 0.3 is 0 Å². The van der Waals surface area contributed by atoms with Crippen LogP contribution in [0.5, 0.6) is 0 Å². The van der Waals surface area contributed by atoms with Crippen LogP contribution in [0, 0.1) is 5.41 Å². The van der Waals surface area contributed by atoms with Crippen molar-refractivity contribution in [1.82, 2.24) is 0 Å². The fourth-order valence-corrected chi connectivity index (χ4v) is 3.20. The molecule has 0 heterocycles. The van der Waals surface area contributed by atoms with Crippen LogP contribution in [0.3, 0.4) is 0 Å². The highest BCUT2D eigenvalue weighted by Crippen LogP contribution is 2.23. The van der Waals surface area contributed by atoms with Gasteiger partial charge in [-0.25, -0.2) is 0 Å². The number of hydrogen-bond acceptors (Lipinski definition) is 0. The number of likely N-dealkylation sites (N-methyl/N-ethyl adjacent to an activating group) is 2. The van der Waals surface area contributed by atoms with Crippen LogP contribution in [0.1, 0.15) is 13.8 Å². The molecular weight excluding hydrogens is 208 g/mol. The molecule has 0 saturated carbocycles. The molecule has 0 aliphatic rings. The van der Waals surface area contributed by atoms with E-state index in [2.05, 4.69) is 55.2 Å². The first-order valence-corrected chi connectivity index (χ1v) is 6.39. The Morgan fingerprint density at radius 3 is 1.35 bits per heavy atom. The van der Waals surface area contributed by atoms with Crippen molar-refractivity contribution in [3.8, 4) is 0 Å². The van der Waals surface area contributed by atoms with Gasteiger partial charge in [-0.3, -0.25) is 0 Å². The third-order valence-corrected chi connectivity index (χ3v) is 2.96. The second-order valence-electron chi connectivity index (χ2n) is 7.29. The quantitative estimate of drug-likeness (QED) is 0.452. The molecule has 17 heavy (non-hydrogen) atoms. The number of nitrogens with zero attached hydrogens (tertiary/aromatic N) is 2. The minimum Gasteiger partial charge on any atom is -0.325 e. The maximum absolute atomic E-state index is 3.85. The Morgan fingerprint density at radius 2 is 1.12 bits per heavy atom. The number of rotatable bonds is 8. The van der Waals surface area contributed by atoms with Crippen LogP contribution in [-0.2, 0) is 0 Å². The minimum atomic E-state index is 0.318. The third-order valence-electron chi connectivity index (χ3n) is 2.96. The van der Waals surface area contributed by atoms with E-state index < -0.39 is 0 Å². The first-order valence-electron chi connectivity index (χ1n) is 6.39. The van der Waals surface area contributed by atoms with E-state index in [-0.39, 0.29) is 0 Å². The lowest BCUT2D eigenvalue weighted by molar-refractivity contribution is -0.915. The summed E-state index contributed by atoms with van der Waals surface area (Å²) in [5, 5.41) is 0. The van der Waals surface area contributed by atoms with Gasteiger partial charge < -0.3 is 8.97 Å². The maximum atomic E-state index is 3.85. The Bertz CT molecular complexity index is 236. The molecule has 2 heteroatoms. The summed E-state index contributed by atoms with van der Waals surface area (Å²) >= 11 is 0. The molecule has 100 valence electrons. The molecule has 0 aliphatic carbocycles. The van der Waals surface area contributed by atoms with Crippen molar-refractivity contribution in [2.75, 3.05) is 54.4 Å². The third kappa shape index (κ3) is 7.35. The van der Waals surface area contributed by atoms with Crippen LogP contribution in [0.4, 0.5) is 0 Å². The van der Waals surface area contributed by atoms with E-state index in [9.17, 15) is 0 Å². The molecule has 0 atom stereocenters. The van der Waals surface area contributed by atoms with Gasteiger partial charge in [-0.2, -0.15) is 0 Å². The fourth-order valence-electron chi connectivity index (χ4n) is 3.20. The second-order valence-corrected chi connectivity index (χ2v) is 7.29. The summed E-state index contributed by atoms with van der Waals surface area (Å²) in [4.78, 5) is 0. The highest BCUT2D eigenvalue weighted by atomic mass is 15.3. The molecule has 0 spiro atoms. The van der Waals surface area contributed by atoms with E-state index in [1.54, 1.807) is 0 Å². The maximum Gasteiger partial charge on any atom is 0.0967 e. The molecular formula is C15H32N2+2. The predicted octanol–water partition coefficient (Wildman–Crippen LogP) is 2.54. The molecule has 0 rings (SSSR count). The monoisotopic (exact) mass is 240 g/mol. The Morgan fingerprint density at radius 1 is 0.824 bits per heavy atom. The Kier molecular flexibility index (Phi) is 5.63. The second kappa shape index (κ2) is 5.83. The van der Waals surface area contributed by atoms with Gasteiger partial charge in [0, 0.05) is 0 Å². The van der Waals surface area contributed by atoms with Crippen LogP contribution in [0.25, 0.3) is 0 Å². The predicted molar refractivity (Wildman–Crippen MR) is 77.9 cm³/mol. The van der Waals surface area contributed by atoms with E-state index in [4.69, 9.17) is 0 Å². The van der Waals surface area contributed by atoms with E-state index in [1.165, 1.54) is 0 Å². The Labute approximate surface area is 108 Å². The SMILES string of the molecule is C=CC[N+](C)(C)CC(C)(C)C[N+](C)(C)CC=C. The zero-order valence-corrected chi connectivity index (χ0v) is 12.8. The molecule has 2 nitrogen and oxygen atoms in total. The van der Waals surface area contributed by atoms with Crippen LogP contribution < -0.4 is 0 Å².